The number of H-pyrrole nitrogens is 1. The second-order valence-electron chi connectivity index (χ2n) is 5.30. The van der Waals surface area contributed by atoms with E-state index in [1.54, 1.807) is 31.3 Å². The van der Waals surface area contributed by atoms with Crippen LogP contribution in [0.3, 0.4) is 0 Å². The van der Waals surface area contributed by atoms with Gasteiger partial charge in [-0.05, 0) is 12.1 Å². The molecule has 128 valence electrons. The highest BCUT2D eigenvalue weighted by Gasteiger charge is 2.32. The van der Waals surface area contributed by atoms with Crippen molar-refractivity contribution in [3.8, 4) is 11.5 Å². The molecule has 1 atom stereocenters. The minimum atomic E-state index is -0.460. The van der Waals surface area contributed by atoms with E-state index in [2.05, 4.69) is 5.16 Å². The van der Waals surface area contributed by atoms with Gasteiger partial charge in [0.2, 0.25) is 5.76 Å². The van der Waals surface area contributed by atoms with Crippen molar-refractivity contribution in [2.75, 3.05) is 34.0 Å². The van der Waals surface area contributed by atoms with Crippen LogP contribution in [0.15, 0.2) is 33.6 Å². The third-order valence-electron chi connectivity index (χ3n) is 3.87. The molecule has 0 bridgehead atoms. The van der Waals surface area contributed by atoms with Crippen molar-refractivity contribution in [3.63, 3.8) is 0 Å². The summed E-state index contributed by atoms with van der Waals surface area (Å²) < 4.78 is 21.2. The largest absolute Gasteiger partial charge is 0.497 e. The van der Waals surface area contributed by atoms with Crippen LogP contribution in [-0.4, -0.2) is 49.9 Å². The second kappa shape index (κ2) is 6.79. The van der Waals surface area contributed by atoms with Crippen LogP contribution < -0.4 is 15.0 Å². The van der Waals surface area contributed by atoms with Gasteiger partial charge < -0.3 is 23.6 Å². The number of nitrogens with zero attached hydrogens (tertiary/aromatic N) is 1. The van der Waals surface area contributed by atoms with E-state index in [0.29, 0.717) is 24.7 Å². The summed E-state index contributed by atoms with van der Waals surface area (Å²) in [5.74, 6) is 0.865. The molecule has 1 aromatic carbocycles. The van der Waals surface area contributed by atoms with Gasteiger partial charge in [-0.3, -0.25) is 9.59 Å². The summed E-state index contributed by atoms with van der Waals surface area (Å²) in [6.07, 6.45) is 0. The number of rotatable bonds is 4. The van der Waals surface area contributed by atoms with Crippen molar-refractivity contribution in [1.29, 1.82) is 0 Å². The lowest BCUT2D eigenvalue weighted by atomic mass is 10.0. The average Bonchev–Trinajstić information content (AvgIpc) is 2.94. The average molecular weight is 334 g/mol. The first-order chi connectivity index (χ1) is 11.6. The molecule has 0 saturated carbocycles. The van der Waals surface area contributed by atoms with Crippen molar-refractivity contribution >= 4 is 5.91 Å². The molecule has 1 aromatic heterocycles. The topological polar surface area (TPSA) is 94.0 Å². The fraction of sp³-hybridized carbons (Fsp3) is 0.375. The minimum Gasteiger partial charge on any atom is -0.497 e. The molecule has 8 nitrogen and oxygen atoms in total. The number of ether oxygens (including phenoxy) is 3. The lowest BCUT2D eigenvalue weighted by Crippen LogP contribution is -2.38. The number of fused-ring (bicyclic) bond motifs is 1. The fourth-order valence-electron chi connectivity index (χ4n) is 2.73. The Morgan fingerprint density at radius 1 is 1.38 bits per heavy atom. The molecule has 0 spiro atoms. The molecule has 1 aliphatic heterocycles. The van der Waals surface area contributed by atoms with Crippen molar-refractivity contribution in [1.82, 2.24) is 10.1 Å². The first-order valence-electron chi connectivity index (χ1n) is 7.43. The van der Waals surface area contributed by atoms with E-state index in [4.69, 9.17) is 18.7 Å². The van der Waals surface area contributed by atoms with Crippen molar-refractivity contribution in [3.05, 3.63) is 45.9 Å². The van der Waals surface area contributed by atoms with Crippen LogP contribution in [-0.2, 0) is 4.74 Å². The number of hydrogen-bond acceptors (Lipinski definition) is 6. The molecule has 1 aliphatic rings. The first kappa shape index (κ1) is 16.1. The van der Waals surface area contributed by atoms with Crippen molar-refractivity contribution in [2.45, 2.75) is 6.04 Å². The summed E-state index contributed by atoms with van der Waals surface area (Å²) in [4.78, 5) is 25.5. The van der Waals surface area contributed by atoms with E-state index in [9.17, 15) is 9.59 Å². The smallest absolute Gasteiger partial charge is 0.293 e. The van der Waals surface area contributed by atoms with Crippen LogP contribution >= 0.6 is 0 Å². The molecule has 3 rings (SSSR count). The van der Waals surface area contributed by atoms with Gasteiger partial charge in [0.05, 0.1) is 32.4 Å². The summed E-state index contributed by atoms with van der Waals surface area (Å²) >= 11 is 0. The summed E-state index contributed by atoms with van der Waals surface area (Å²) in [5.41, 5.74) is 0.347. The molecular formula is C16H18N2O6. The van der Waals surface area contributed by atoms with Crippen LogP contribution in [0.1, 0.15) is 22.2 Å². The number of aromatic amines is 1. The summed E-state index contributed by atoms with van der Waals surface area (Å²) in [6.45, 7) is 0.919. The molecule has 0 aliphatic carbocycles. The Balaban J connectivity index is 1.99. The number of carbonyl (C=O) groups is 1. The molecule has 1 unspecified atom stereocenters. The van der Waals surface area contributed by atoms with E-state index in [1.165, 1.54) is 0 Å². The molecule has 0 fully saturated rings. The Hall–Kier alpha value is -2.74. The van der Waals surface area contributed by atoms with Crippen LogP contribution in [0.2, 0.25) is 0 Å². The standard InChI is InChI=1S/C16H18N2O6/c1-21-9-12-11-4-3-10(22-2)7-13(11)23-6-5-18(12)16(20)14-8-15(19)17-24-14/h3-4,7-8,12H,5-6,9H2,1-2H3,(H,17,19). The predicted molar refractivity (Wildman–Crippen MR) is 83.5 cm³/mol. The van der Waals surface area contributed by atoms with Gasteiger partial charge in [-0.1, -0.05) is 0 Å². The molecule has 1 amide bonds. The Kier molecular flexibility index (Phi) is 4.57. The molecule has 0 radical (unpaired) electrons. The predicted octanol–water partition coefficient (Wildman–Crippen LogP) is 1.20. The number of benzene rings is 1. The maximum Gasteiger partial charge on any atom is 0.293 e. The zero-order chi connectivity index (χ0) is 17.1. The molecule has 24 heavy (non-hydrogen) atoms. The summed E-state index contributed by atoms with van der Waals surface area (Å²) in [5, 5.41) is 2.13. The maximum atomic E-state index is 12.7. The highest BCUT2D eigenvalue weighted by molar-refractivity contribution is 5.91. The van der Waals surface area contributed by atoms with E-state index in [0.717, 1.165) is 11.6 Å². The lowest BCUT2D eigenvalue weighted by Gasteiger charge is -2.28. The van der Waals surface area contributed by atoms with Gasteiger partial charge in [-0.25, -0.2) is 0 Å². The number of aromatic nitrogens is 1. The number of hydrogen-bond donors (Lipinski definition) is 1. The summed E-state index contributed by atoms with van der Waals surface area (Å²) in [6, 6.07) is 6.19. The molecule has 1 N–H and O–H groups in total. The van der Waals surface area contributed by atoms with Gasteiger partial charge in [0.25, 0.3) is 11.5 Å². The third-order valence-corrected chi connectivity index (χ3v) is 3.87. The lowest BCUT2D eigenvalue weighted by molar-refractivity contribution is 0.0488. The van der Waals surface area contributed by atoms with Crippen molar-refractivity contribution < 1.29 is 23.5 Å². The highest BCUT2D eigenvalue weighted by atomic mass is 16.5. The zero-order valence-corrected chi connectivity index (χ0v) is 13.4. The Morgan fingerprint density at radius 2 is 2.21 bits per heavy atom. The van der Waals surface area contributed by atoms with Crippen LogP contribution in [0, 0.1) is 0 Å². The van der Waals surface area contributed by atoms with E-state index >= 15 is 0 Å². The minimum absolute atomic E-state index is 0.0435. The van der Waals surface area contributed by atoms with Gasteiger partial charge >= 0.3 is 0 Å². The van der Waals surface area contributed by atoms with Gasteiger partial charge in [-0.15, -0.1) is 0 Å². The van der Waals surface area contributed by atoms with Gasteiger partial charge in [-0.2, -0.15) is 5.16 Å². The van der Waals surface area contributed by atoms with E-state index in [-0.39, 0.29) is 18.4 Å². The van der Waals surface area contributed by atoms with Crippen LogP contribution in [0.5, 0.6) is 11.5 Å². The maximum absolute atomic E-state index is 12.7. The van der Waals surface area contributed by atoms with Gasteiger partial charge in [0.1, 0.15) is 18.1 Å². The molecule has 8 heteroatoms. The molecular weight excluding hydrogens is 316 g/mol. The quantitative estimate of drug-likeness (QED) is 0.903. The first-order valence-corrected chi connectivity index (χ1v) is 7.43. The fourth-order valence-corrected chi connectivity index (χ4v) is 2.73. The van der Waals surface area contributed by atoms with Crippen LogP contribution in [0.25, 0.3) is 0 Å². The van der Waals surface area contributed by atoms with Crippen LogP contribution in [0.4, 0.5) is 0 Å². The van der Waals surface area contributed by atoms with Crippen molar-refractivity contribution in [2.24, 2.45) is 0 Å². The number of carbonyl (C=O) groups excluding carboxylic acids is 1. The van der Waals surface area contributed by atoms with Gasteiger partial charge in [0, 0.05) is 18.7 Å². The SMILES string of the molecule is COCC1c2ccc(OC)cc2OCCN1C(=O)c1cc(=O)[nH]o1. The Morgan fingerprint density at radius 3 is 2.88 bits per heavy atom. The highest BCUT2D eigenvalue weighted by Crippen LogP contribution is 2.35. The Bertz CT molecular complexity index is 781. The molecule has 2 aromatic rings. The van der Waals surface area contributed by atoms with E-state index in [1.807, 2.05) is 6.07 Å². The van der Waals surface area contributed by atoms with E-state index < -0.39 is 11.5 Å². The second-order valence-corrected chi connectivity index (χ2v) is 5.30. The third kappa shape index (κ3) is 3.00. The zero-order valence-electron chi connectivity index (χ0n) is 13.4. The number of nitrogens with one attached hydrogen (secondary N) is 1. The number of methoxy groups -OCH3 is 2. The monoisotopic (exact) mass is 334 g/mol. The number of amides is 1. The molecule has 0 saturated heterocycles. The summed E-state index contributed by atoms with van der Waals surface area (Å²) in [7, 11) is 3.14. The van der Waals surface area contributed by atoms with Gasteiger partial charge in [0.15, 0.2) is 0 Å². The normalized spacial score (nSPS) is 16.9. The molecule has 2 heterocycles. The Labute approximate surface area is 137 Å².